The molecule has 366 valence electrons. The topological polar surface area (TPSA) is 256 Å². The smallest absolute Gasteiger partial charge is 0.319 e. The average Bonchev–Trinajstić information content (AvgIpc) is 3.30. The molecule has 19 heteroatoms. The minimum Gasteiger partial charge on any atom is -0.496 e. The molecule has 3 heterocycles. The highest BCUT2D eigenvalue weighted by Crippen LogP contribution is 2.35. The zero-order valence-electron chi connectivity index (χ0n) is 40.8. The first-order valence-electron chi connectivity index (χ1n) is 22.8. The summed E-state index contributed by atoms with van der Waals surface area (Å²) in [4.78, 5) is 82.7. The molecule has 0 radical (unpaired) electrons. The van der Waals surface area contributed by atoms with Gasteiger partial charge in [0.1, 0.15) is 5.75 Å². The predicted molar refractivity (Wildman–Crippen MR) is 272 cm³/mol. The second-order valence-electron chi connectivity index (χ2n) is 17.5. The lowest BCUT2D eigenvalue weighted by Crippen LogP contribution is -2.34. The van der Waals surface area contributed by atoms with Crippen molar-refractivity contribution in [3.8, 4) is 5.75 Å². The normalized spacial score (nSPS) is 15.0. The maximum Gasteiger partial charge on any atom is 0.319 e. The Hall–Kier alpha value is -8.48. The molecule has 19 nitrogen and oxygen atoms in total. The van der Waals surface area contributed by atoms with Crippen molar-refractivity contribution in [3.63, 3.8) is 0 Å². The van der Waals surface area contributed by atoms with Gasteiger partial charge in [-0.15, -0.1) is 0 Å². The van der Waals surface area contributed by atoms with Gasteiger partial charge in [-0.05, 0) is 159 Å². The Morgan fingerprint density at radius 3 is 0.771 bits per heavy atom. The van der Waals surface area contributed by atoms with Crippen LogP contribution in [0.2, 0.25) is 0 Å². The molecule has 12 N–H and O–H groups in total. The van der Waals surface area contributed by atoms with E-state index in [0.717, 1.165) is 50.1 Å². The lowest BCUT2D eigenvalue weighted by molar-refractivity contribution is 0.250. The Bertz CT molecular complexity index is 2790. The second-order valence-corrected chi connectivity index (χ2v) is 17.5. The number of urea groups is 6. The highest BCUT2D eigenvalue weighted by Gasteiger charge is 2.24. The fourth-order valence-corrected chi connectivity index (χ4v) is 8.91. The van der Waals surface area contributed by atoms with Gasteiger partial charge in [-0.25, -0.2) is 28.8 Å². The molecule has 3 aliphatic heterocycles. The number of aryl methyl sites for hydroxylation is 3. The van der Waals surface area contributed by atoms with Crippen LogP contribution in [0.25, 0.3) is 0 Å². The Morgan fingerprint density at radius 1 is 0.314 bits per heavy atom. The van der Waals surface area contributed by atoms with Gasteiger partial charge in [0.05, 0.1) is 41.2 Å². The highest BCUT2D eigenvalue weighted by atomic mass is 16.5. The molecule has 0 aromatic heterocycles. The van der Waals surface area contributed by atoms with Crippen molar-refractivity contribution in [2.75, 3.05) is 39.0 Å². The summed E-state index contributed by atoms with van der Waals surface area (Å²) >= 11 is 0. The van der Waals surface area contributed by atoms with E-state index in [1.54, 1.807) is 48.5 Å². The maximum atomic E-state index is 13.8. The monoisotopic (exact) mass is 952 g/mol. The predicted octanol–water partition coefficient (Wildman–Crippen LogP) is 8.72. The molecule has 0 spiro atoms. The van der Waals surface area contributed by atoms with Crippen molar-refractivity contribution in [1.29, 1.82) is 0 Å². The number of ether oxygens (including phenoxy) is 1. The number of benzene rings is 5. The number of hydrogen-bond acceptors (Lipinski definition) is 7. The molecule has 0 saturated carbocycles. The van der Waals surface area contributed by atoms with Crippen molar-refractivity contribution >= 4 is 70.3 Å². The molecule has 8 rings (SSSR count). The third kappa shape index (κ3) is 11.3. The quantitative estimate of drug-likeness (QED) is 0.0777. The molecular weight excluding hydrogens is 893 g/mol. The largest absolute Gasteiger partial charge is 0.496 e. The third-order valence-electron chi connectivity index (χ3n) is 12.8. The van der Waals surface area contributed by atoms with E-state index in [4.69, 9.17) is 4.74 Å². The number of anilines is 6. The number of carbonyl (C=O) groups is 6. The Kier molecular flexibility index (Phi) is 15.0. The van der Waals surface area contributed by atoms with Gasteiger partial charge in [0.2, 0.25) is 0 Å². The fraction of sp³-hybridized carbons (Fsp3) is 0.294. The Morgan fingerprint density at radius 2 is 0.529 bits per heavy atom. The maximum absolute atomic E-state index is 13.8. The summed E-state index contributed by atoms with van der Waals surface area (Å²) in [7, 11) is 1.49. The van der Waals surface area contributed by atoms with Gasteiger partial charge in [0, 0.05) is 50.4 Å². The Labute approximate surface area is 406 Å². The van der Waals surface area contributed by atoms with Gasteiger partial charge in [0.25, 0.3) is 0 Å². The Balaban J connectivity index is 1.39. The summed E-state index contributed by atoms with van der Waals surface area (Å²) in [5, 5.41) is 35.0. The van der Waals surface area contributed by atoms with Crippen molar-refractivity contribution < 1.29 is 33.5 Å². The molecule has 0 unspecified atom stereocenters. The van der Waals surface area contributed by atoms with E-state index in [-0.39, 0.29) is 39.3 Å². The number of fused-ring (bicyclic) bond motifs is 18. The van der Waals surface area contributed by atoms with Gasteiger partial charge < -0.3 is 68.5 Å². The van der Waals surface area contributed by atoms with Crippen LogP contribution in [0.3, 0.4) is 0 Å². The molecule has 12 amide bonds. The fourth-order valence-electron chi connectivity index (χ4n) is 8.91. The summed E-state index contributed by atoms with van der Waals surface area (Å²) in [5.41, 5.74) is 12.4. The number of carbonyl (C=O) groups excluding carboxylic acids is 6. The summed E-state index contributed by atoms with van der Waals surface area (Å²) in [6.45, 7) is 15.1. The van der Waals surface area contributed by atoms with E-state index in [2.05, 4.69) is 63.8 Å². The number of nitrogens with one attached hydrogen (secondary N) is 12. The summed E-state index contributed by atoms with van der Waals surface area (Å²) in [6.07, 6.45) is 0. The van der Waals surface area contributed by atoms with E-state index < -0.39 is 36.2 Å². The SMILES string of the molecule is COc1c2c(C)c3c(C)c1CNC(=O)Nc1ccc(C)cc1NC(=O)NCc1c(C)c(c(C)c(c1C)CNC(=O)Nc1cc(C)ccc1NC(=O)NC2)CNC(=O)Nc1cc(C)ccc1NC(=O)NC3. The van der Waals surface area contributed by atoms with Crippen LogP contribution in [0.1, 0.15) is 77.9 Å². The molecule has 0 atom stereocenters. The van der Waals surface area contributed by atoms with Crippen LogP contribution in [0.5, 0.6) is 5.75 Å². The summed E-state index contributed by atoms with van der Waals surface area (Å²) in [6, 6.07) is 12.4. The third-order valence-corrected chi connectivity index (χ3v) is 12.8. The van der Waals surface area contributed by atoms with Crippen molar-refractivity contribution in [3.05, 3.63) is 132 Å². The summed E-state index contributed by atoms with van der Waals surface area (Å²) < 4.78 is 6.02. The highest BCUT2D eigenvalue weighted by molar-refractivity contribution is 6.01. The zero-order chi connectivity index (χ0) is 50.4. The first kappa shape index (κ1) is 49.4. The van der Waals surface area contributed by atoms with Crippen LogP contribution >= 0.6 is 0 Å². The lowest BCUT2D eigenvalue weighted by Gasteiger charge is -2.25. The van der Waals surface area contributed by atoms with Crippen LogP contribution in [-0.2, 0) is 39.3 Å². The molecule has 70 heavy (non-hydrogen) atoms. The summed E-state index contributed by atoms with van der Waals surface area (Å²) in [5.74, 6) is 0.397. The minimum absolute atomic E-state index is 0.0150. The molecule has 0 aliphatic carbocycles. The number of hydrogen-bond donors (Lipinski definition) is 12. The van der Waals surface area contributed by atoms with Crippen LogP contribution < -0.4 is 68.5 Å². The standard InChI is InChI=1S/C51H60N12O7/c1-25-10-13-39-42(16-25)61-49(67)53-19-33-28(4)34-20-54-50(68)62-43-17-26(2)11-14-40(43)59-47(65)56-23-37-31(7)36(22-52-46(64)58-39)32(8)38(45(37)70-9)24-57-48(66)60-41-15-12-27(3)18-44(41)63-51(69)55-21-35(29(33)5)30(34)6/h10-18H,19-24H2,1-9H3,(H2,52,58,64)(H2,53,61,67)(H2,54,62,68)(H2,55,63,69)(H2,56,59,65)(H2,57,60,66). The van der Waals surface area contributed by atoms with Gasteiger partial charge >= 0.3 is 36.2 Å². The second kappa shape index (κ2) is 21.2. The first-order valence-corrected chi connectivity index (χ1v) is 22.8. The molecule has 0 saturated heterocycles. The van der Waals surface area contributed by atoms with E-state index in [1.807, 2.05) is 61.5 Å². The number of amides is 12. The van der Waals surface area contributed by atoms with E-state index in [1.165, 1.54) is 7.11 Å². The number of methoxy groups -OCH3 is 1. The average molecular weight is 953 g/mol. The minimum atomic E-state index is -0.578. The number of rotatable bonds is 1. The van der Waals surface area contributed by atoms with Gasteiger partial charge in [-0.1, -0.05) is 18.2 Å². The van der Waals surface area contributed by atoms with Crippen molar-refractivity contribution in [1.82, 2.24) is 31.9 Å². The lowest BCUT2D eigenvalue weighted by atomic mass is 9.88. The molecular formula is C51H60N12O7. The van der Waals surface area contributed by atoms with Crippen molar-refractivity contribution in [2.24, 2.45) is 0 Å². The zero-order valence-corrected chi connectivity index (χ0v) is 40.8. The molecule has 6 bridgehead atoms. The van der Waals surface area contributed by atoms with E-state index in [0.29, 0.717) is 67.7 Å². The van der Waals surface area contributed by atoms with Crippen LogP contribution in [0.4, 0.5) is 62.9 Å². The van der Waals surface area contributed by atoms with Gasteiger partial charge in [-0.2, -0.15) is 0 Å². The first-order chi connectivity index (χ1) is 33.4. The molecule has 3 aliphatic rings. The van der Waals surface area contributed by atoms with Gasteiger partial charge in [0.15, 0.2) is 0 Å². The van der Waals surface area contributed by atoms with Crippen LogP contribution in [0.15, 0.2) is 54.6 Å². The van der Waals surface area contributed by atoms with Gasteiger partial charge in [-0.3, -0.25) is 0 Å². The van der Waals surface area contributed by atoms with E-state index >= 15 is 0 Å². The van der Waals surface area contributed by atoms with Crippen molar-refractivity contribution in [2.45, 2.75) is 94.7 Å². The van der Waals surface area contributed by atoms with Crippen LogP contribution in [-0.4, -0.2) is 43.3 Å². The van der Waals surface area contributed by atoms with E-state index in [9.17, 15) is 28.8 Å². The molecule has 5 aromatic rings. The molecule has 0 fully saturated rings. The van der Waals surface area contributed by atoms with Crippen LogP contribution in [0, 0.1) is 55.4 Å². The molecule has 5 aromatic carbocycles.